The smallest absolute Gasteiger partial charge is 0.335 e. The zero-order chi connectivity index (χ0) is 19.1. The number of fused-ring (bicyclic) bond motifs is 2. The van der Waals surface area contributed by atoms with E-state index in [0.29, 0.717) is 22.3 Å². The summed E-state index contributed by atoms with van der Waals surface area (Å²) in [6.07, 6.45) is 1.48. The molecule has 2 aromatic carbocycles. The first-order chi connectivity index (χ1) is 13.0. The number of carboxylic acid groups (broad SMARTS) is 1. The van der Waals surface area contributed by atoms with Gasteiger partial charge < -0.3 is 15.4 Å². The molecule has 0 fully saturated rings. The lowest BCUT2D eigenvalue weighted by Crippen LogP contribution is -2.09. The molecule has 4 aromatic rings. The van der Waals surface area contributed by atoms with Gasteiger partial charge in [0.05, 0.1) is 33.9 Å². The quantitative estimate of drug-likeness (QED) is 0.482. The topological polar surface area (TPSA) is 108 Å². The van der Waals surface area contributed by atoms with E-state index in [1.165, 1.54) is 24.4 Å². The van der Waals surface area contributed by atoms with E-state index in [1.807, 2.05) is 0 Å². The van der Waals surface area contributed by atoms with E-state index in [4.69, 9.17) is 5.11 Å². The van der Waals surface area contributed by atoms with Crippen LogP contribution < -0.4 is 10.7 Å². The Morgan fingerprint density at radius 3 is 2.63 bits per heavy atom. The summed E-state index contributed by atoms with van der Waals surface area (Å²) < 4.78 is 13.8. The lowest BCUT2D eigenvalue weighted by molar-refractivity contribution is 0.0697. The van der Waals surface area contributed by atoms with E-state index in [1.54, 1.807) is 19.2 Å². The van der Waals surface area contributed by atoms with Crippen LogP contribution in [0.25, 0.3) is 33.3 Å². The minimum absolute atomic E-state index is 0.127. The molecule has 7 nitrogen and oxygen atoms in total. The largest absolute Gasteiger partial charge is 0.478 e. The summed E-state index contributed by atoms with van der Waals surface area (Å²) >= 11 is 0. The average Bonchev–Trinajstić information content (AvgIpc) is 2.68. The standard InChI is InChI=1S/C19H13FN4O3/c1-21-13-7-11(20)6-12-15(13)23-14-8-22-18(24-16(14)17(12)25)9-2-4-10(5-3-9)19(26)27/h2-8,21H,1H3,(H,23,25)(H,26,27). The van der Waals surface area contributed by atoms with Gasteiger partial charge in [0.2, 0.25) is 5.43 Å². The number of hydrogen-bond donors (Lipinski definition) is 3. The Morgan fingerprint density at radius 2 is 1.96 bits per heavy atom. The zero-order valence-corrected chi connectivity index (χ0v) is 14.1. The summed E-state index contributed by atoms with van der Waals surface area (Å²) in [5.74, 6) is -1.30. The molecule has 0 radical (unpaired) electrons. The van der Waals surface area contributed by atoms with Gasteiger partial charge in [-0.15, -0.1) is 0 Å². The molecule has 8 heteroatoms. The number of carbonyl (C=O) groups is 1. The highest BCUT2D eigenvalue weighted by Gasteiger charge is 2.13. The zero-order valence-electron chi connectivity index (χ0n) is 14.1. The molecule has 2 aromatic heterocycles. The monoisotopic (exact) mass is 364 g/mol. The van der Waals surface area contributed by atoms with E-state index in [0.717, 1.165) is 6.07 Å². The maximum atomic E-state index is 13.8. The highest BCUT2D eigenvalue weighted by molar-refractivity contribution is 5.97. The molecule has 0 aliphatic rings. The fourth-order valence-corrected chi connectivity index (χ4v) is 2.93. The molecule has 27 heavy (non-hydrogen) atoms. The lowest BCUT2D eigenvalue weighted by atomic mass is 10.1. The maximum Gasteiger partial charge on any atom is 0.335 e. The number of halogens is 1. The van der Waals surface area contributed by atoms with Crippen molar-refractivity contribution in [3.8, 4) is 11.4 Å². The Bertz CT molecular complexity index is 1270. The van der Waals surface area contributed by atoms with Crippen molar-refractivity contribution < 1.29 is 14.3 Å². The van der Waals surface area contributed by atoms with Crippen molar-refractivity contribution in [2.24, 2.45) is 0 Å². The van der Waals surface area contributed by atoms with Crippen LogP contribution in [-0.2, 0) is 0 Å². The first-order valence-corrected chi connectivity index (χ1v) is 8.01. The molecule has 4 rings (SSSR count). The van der Waals surface area contributed by atoms with E-state index >= 15 is 0 Å². The number of nitrogens with one attached hydrogen (secondary N) is 2. The number of hydrogen-bond acceptors (Lipinski definition) is 5. The molecule has 0 amide bonds. The van der Waals surface area contributed by atoms with Gasteiger partial charge in [-0.05, 0) is 24.3 Å². The van der Waals surface area contributed by atoms with Crippen LogP contribution in [0.3, 0.4) is 0 Å². The molecule has 0 unspecified atom stereocenters. The number of H-pyrrole nitrogens is 1. The number of carboxylic acids is 1. The number of pyridine rings is 1. The Labute approximate surface area is 151 Å². The van der Waals surface area contributed by atoms with Crippen molar-refractivity contribution in [1.82, 2.24) is 15.0 Å². The minimum Gasteiger partial charge on any atom is -0.478 e. The third-order valence-corrected chi connectivity index (χ3v) is 4.27. The Morgan fingerprint density at radius 1 is 1.22 bits per heavy atom. The maximum absolute atomic E-state index is 13.8. The molecule has 0 aliphatic heterocycles. The molecule has 0 bridgehead atoms. The molecule has 0 spiro atoms. The summed E-state index contributed by atoms with van der Waals surface area (Å²) in [7, 11) is 1.64. The van der Waals surface area contributed by atoms with E-state index in [-0.39, 0.29) is 22.3 Å². The van der Waals surface area contributed by atoms with Crippen LogP contribution in [0.15, 0.2) is 47.4 Å². The molecule has 0 atom stereocenters. The molecule has 0 aliphatic carbocycles. The van der Waals surface area contributed by atoms with E-state index in [2.05, 4.69) is 20.3 Å². The molecule has 2 heterocycles. The fourth-order valence-electron chi connectivity index (χ4n) is 2.93. The third kappa shape index (κ3) is 2.77. The molecule has 0 saturated heterocycles. The second-order valence-corrected chi connectivity index (χ2v) is 5.92. The summed E-state index contributed by atoms with van der Waals surface area (Å²) in [6.45, 7) is 0. The van der Waals surface area contributed by atoms with Crippen LogP contribution in [0.2, 0.25) is 0 Å². The van der Waals surface area contributed by atoms with Gasteiger partial charge >= 0.3 is 5.97 Å². The average molecular weight is 364 g/mol. The first kappa shape index (κ1) is 16.6. The molecular weight excluding hydrogens is 351 g/mol. The Kier molecular flexibility index (Phi) is 3.80. The SMILES string of the molecule is CNc1cc(F)cc2c(=O)c3nc(-c4ccc(C(=O)O)cc4)ncc3[nH]c12. The predicted molar refractivity (Wildman–Crippen MR) is 99.6 cm³/mol. The highest BCUT2D eigenvalue weighted by Crippen LogP contribution is 2.24. The van der Waals surface area contributed by atoms with Gasteiger partial charge in [0.15, 0.2) is 5.82 Å². The van der Waals surface area contributed by atoms with Crippen LogP contribution in [0.1, 0.15) is 10.4 Å². The van der Waals surface area contributed by atoms with Crippen molar-refractivity contribution in [2.75, 3.05) is 12.4 Å². The van der Waals surface area contributed by atoms with Gasteiger partial charge in [0.1, 0.15) is 11.3 Å². The number of rotatable bonds is 3. The Hall–Kier alpha value is -3.81. The van der Waals surface area contributed by atoms with Gasteiger partial charge in [-0.2, -0.15) is 0 Å². The predicted octanol–water partition coefficient (Wildman–Crippen LogP) is 3.02. The highest BCUT2D eigenvalue weighted by atomic mass is 19.1. The summed E-state index contributed by atoms with van der Waals surface area (Å²) in [6, 6.07) is 8.47. The molecule has 3 N–H and O–H groups in total. The third-order valence-electron chi connectivity index (χ3n) is 4.27. The van der Waals surface area contributed by atoms with E-state index < -0.39 is 17.2 Å². The normalized spacial score (nSPS) is 11.0. The van der Waals surface area contributed by atoms with Crippen molar-refractivity contribution in [3.05, 3.63) is 64.2 Å². The van der Waals surface area contributed by atoms with Gasteiger partial charge in [-0.3, -0.25) is 4.79 Å². The van der Waals surface area contributed by atoms with Crippen molar-refractivity contribution in [3.63, 3.8) is 0 Å². The number of aromatic amines is 1. The van der Waals surface area contributed by atoms with Gasteiger partial charge in [-0.25, -0.2) is 19.2 Å². The van der Waals surface area contributed by atoms with Crippen molar-refractivity contribution in [2.45, 2.75) is 0 Å². The summed E-state index contributed by atoms with van der Waals surface area (Å²) in [5.41, 5.74) is 1.76. The summed E-state index contributed by atoms with van der Waals surface area (Å²) in [5, 5.41) is 12.0. The second kappa shape index (κ2) is 6.17. The number of aromatic carboxylic acids is 1. The number of benzene rings is 2. The van der Waals surface area contributed by atoms with Crippen LogP contribution >= 0.6 is 0 Å². The van der Waals surface area contributed by atoms with Crippen LogP contribution in [0.4, 0.5) is 10.1 Å². The van der Waals surface area contributed by atoms with Gasteiger partial charge in [0, 0.05) is 12.6 Å². The van der Waals surface area contributed by atoms with Gasteiger partial charge in [-0.1, -0.05) is 12.1 Å². The number of anilines is 1. The summed E-state index contributed by atoms with van der Waals surface area (Å²) in [4.78, 5) is 35.4. The van der Waals surface area contributed by atoms with Crippen molar-refractivity contribution in [1.29, 1.82) is 0 Å². The second-order valence-electron chi connectivity index (χ2n) is 5.92. The number of aromatic nitrogens is 3. The van der Waals surface area contributed by atoms with Crippen molar-refractivity contribution >= 4 is 33.6 Å². The minimum atomic E-state index is -1.04. The molecular formula is C19H13FN4O3. The van der Waals surface area contributed by atoms with Gasteiger partial charge in [0.25, 0.3) is 0 Å². The lowest BCUT2D eigenvalue weighted by Gasteiger charge is -2.09. The molecule has 0 saturated carbocycles. The first-order valence-electron chi connectivity index (χ1n) is 8.01. The van der Waals surface area contributed by atoms with Crippen LogP contribution in [0, 0.1) is 5.82 Å². The molecule has 134 valence electrons. The number of nitrogens with zero attached hydrogens (tertiary/aromatic N) is 2. The fraction of sp³-hybridized carbons (Fsp3) is 0.0526. The Balaban J connectivity index is 1.94. The van der Waals surface area contributed by atoms with E-state index in [9.17, 15) is 14.0 Å². The van der Waals surface area contributed by atoms with Crippen LogP contribution in [-0.4, -0.2) is 33.1 Å². The van der Waals surface area contributed by atoms with Crippen LogP contribution in [0.5, 0.6) is 0 Å².